The predicted octanol–water partition coefficient (Wildman–Crippen LogP) is 3.85. The van der Waals surface area contributed by atoms with Crippen molar-refractivity contribution in [2.75, 3.05) is 6.54 Å². The van der Waals surface area contributed by atoms with Crippen LogP contribution in [0.5, 0.6) is 0 Å². The third-order valence-electron chi connectivity index (χ3n) is 7.87. The van der Waals surface area contributed by atoms with Crippen molar-refractivity contribution in [3.63, 3.8) is 0 Å². The maximum atomic E-state index is 12.0. The van der Waals surface area contributed by atoms with Crippen molar-refractivity contribution in [2.45, 2.75) is 88.4 Å². The van der Waals surface area contributed by atoms with Crippen LogP contribution in [-0.2, 0) is 25.2 Å². The third kappa shape index (κ3) is 12.6. The Hall–Kier alpha value is -2.40. The second kappa shape index (κ2) is 17.2. The molecule has 0 saturated heterocycles. The minimum absolute atomic E-state index is 0.0192. The first-order valence-corrected chi connectivity index (χ1v) is 16.5. The molecular formula is C32H46NO9P. The molecule has 0 aromatic heterocycles. The molecule has 3 rings (SSSR count). The number of phosphoric ester groups is 1. The predicted molar refractivity (Wildman–Crippen MR) is 163 cm³/mol. The molecule has 1 aliphatic heterocycles. The lowest BCUT2D eigenvalue weighted by Crippen LogP contribution is -2.46. The second-order valence-electron chi connectivity index (χ2n) is 11.3. The highest BCUT2D eigenvalue weighted by Gasteiger charge is 2.40. The minimum atomic E-state index is -5.08. The minimum Gasteiger partial charge on any atom is -0.454 e. The van der Waals surface area contributed by atoms with Gasteiger partial charge in [0.15, 0.2) is 0 Å². The van der Waals surface area contributed by atoms with Crippen molar-refractivity contribution in [3.8, 4) is 0 Å². The Labute approximate surface area is 254 Å². The van der Waals surface area contributed by atoms with Crippen LogP contribution in [0.1, 0.15) is 57.4 Å². The van der Waals surface area contributed by atoms with Crippen molar-refractivity contribution >= 4 is 13.8 Å². The summed E-state index contributed by atoms with van der Waals surface area (Å²) in [6, 6.07) is 9.62. The maximum Gasteiger partial charge on any atom is 0.469 e. The smallest absolute Gasteiger partial charge is 0.454 e. The van der Waals surface area contributed by atoms with E-state index in [1.165, 1.54) is 24.3 Å². The zero-order chi connectivity index (χ0) is 31.3. The second-order valence-corrected chi connectivity index (χ2v) is 12.5. The summed E-state index contributed by atoms with van der Waals surface area (Å²) in [5.74, 6) is -0.418. The van der Waals surface area contributed by atoms with Crippen molar-refractivity contribution in [3.05, 3.63) is 84.5 Å². The number of hydrogen-bond donors (Lipinski definition) is 6. The number of hydrogen-bond acceptors (Lipinski definition) is 8. The van der Waals surface area contributed by atoms with Crippen LogP contribution in [0.2, 0.25) is 0 Å². The van der Waals surface area contributed by atoms with Crippen LogP contribution in [0.4, 0.5) is 0 Å². The van der Waals surface area contributed by atoms with E-state index >= 15 is 0 Å². The summed E-state index contributed by atoms with van der Waals surface area (Å²) < 4.78 is 22.5. The number of allylic oxidation sites excluding steroid dienone is 3. The molecule has 1 heterocycles. The molecule has 0 amide bonds. The van der Waals surface area contributed by atoms with E-state index in [1.54, 1.807) is 18.2 Å². The van der Waals surface area contributed by atoms with Gasteiger partial charge in [0.25, 0.3) is 0 Å². The van der Waals surface area contributed by atoms with Gasteiger partial charge in [-0.2, -0.15) is 0 Å². The van der Waals surface area contributed by atoms with Crippen LogP contribution in [0, 0.1) is 11.8 Å². The van der Waals surface area contributed by atoms with Gasteiger partial charge in [0.1, 0.15) is 17.8 Å². The van der Waals surface area contributed by atoms with E-state index < -0.39 is 37.7 Å². The van der Waals surface area contributed by atoms with Crippen LogP contribution in [0.3, 0.4) is 0 Å². The van der Waals surface area contributed by atoms with Gasteiger partial charge in [0.05, 0.1) is 12.2 Å². The van der Waals surface area contributed by atoms with Gasteiger partial charge in [-0.3, -0.25) is 4.52 Å². The van der Waals surface area contributed by atoms with Crippen LogP contribution < -0.4 is 5.32 Å². The Balaban J connectivity index is 1.77. The number of carbonyl (C=O) groups excluding carboxylic acids is 1. The Bertz CT molecular complexity index is 1160. The van der Waals surface area contributed by atoms with Crippen molar-refractivity contribution in [1.29, 1.82) is 0 Å². The first-order chi connectivity index (χ1) is 20.5. The van der Waals surface area contributed by atoms with E-state index in [1.807, 2.05) is 43.3 Å². The molecule has 11 heteroatoms. The summed E-state index contributed by atoms with van der Waals surface area (Å²) in [6.07, 6.45) is 12.9. The van der Waals surface area contributed by atoms with E-state index in [9.17, 15) is 34.5 Å². The van der Waals surface area contributed by atoms with E-state index in [4.69, 9.17) is 9.26 Å². The molecule has 1 aromatic rings. The number of cyclic esters (lactones) is 1. The van der Waals surface area contributed by atoms with E-state index in [-0.39, 0.29) is 37.3 Å². The lowest BCUT2D eigenvalue weighted by atomic mass is 9.86. The molecule has 2 aliphatic rings. The zero-order valence-corrected chi connectivity index (χ0v) is 25.5. The van der Waals surface area contributed by atoms with Gasteiger partial charge in [-0.05, 0) is 56.2 Å². The third-order valence-corrected chi connectivity index (χ3v) is 8.40. The zero-order valence-electron chi connectivity index (χ0n) is 24.6. The molecule has 1 saturated carbocycles. The number of aliphatic hydroxyl groups is 3. The molecule has 1 fully saturated rings. The highest BCUT2D eigenvalue weighted by molar-refractivity contribution is 7.46. The average Bonchev–Trinajstić information content (AvgIpc) is 2.96. The summed E-state index contributed by atoms with van der Waals surface area (Å²) in [4.78, 5) is 31.4. The van der Waals surface area contributed by atoms with Gasteiger partial charge in [0.2, 0.25) is 0 Å². The van der Waals surface area contributed by atoms with Crippen molar-refractivity contribution in [1.82, 2.24) is 5.32 Å². The van der Waals surface area contributed by atoms with E-state index in [0.29, 0.717) is 19.4 Å². The van der Waals surface area contributed by atoms with E-state index in [0.717, 1.165) is 24.8 Å². The normalized spacial score (nSPS) is 26.1. The lowest BCUT2D eigenvalue weighted by Gasteiger charge is -2.35. The van der Waals surface area contributed by atoms with Gasteiger partial charge in [-0.15, -0.1) is 0 Å². The topological polar surface area (TPSA) is 166 Å². The molecule has 6 N–H and O–H groups in total. The first kappa shape index (κ1) is 35.1. The molecule has 1 aromatic carbocycles. The molecule has 0 radical (unpaired) electrons. The summed E-state index contributed by atoms with van der Waals surface area (Å²) in [7, 11) is -5.08. The Morgan fingerprint density at radius 3 is 2.65 bits per heavy atom. The average molecular weight is 620 g/mol. The standard InChI is InChI=1S/C32H46NO9P/c1-2-26-15-16-31(36)41-29(26)17-18-32(37,19-20-33-23-25-10-4-3-5-11-25)30(42-43(38,39)40)22-28(35)13-7-6-9-24-12-8-14-27(34)21-24/h3-7,9-11,13,15-18,24,26-30,33-35,37H,2,8,12,14,19-23H2,1H3,(H2,38,39,40). The summed E-state index contributed by atoms with van der Waals surface area (Å²) in [5.41, 5.74) is -0.924. The Morgan fingerprint density at radius 1 is 1.19 bits per heavy atom. The Kier molecular flexibility index (Phi) is 14.0. The van der Waals surface area contributed by atoms with Crippen molar-refractivity contribution in [2.24, 2.45) is 11.8 Å². The first-order valence-electron chi connectivity index (χ1n) is 15.0. The molecule has 10 nitrogen and oxygen atoms in total. The number of phosphoric acid groups is 1. The summed E-state index contributed by atoms with van der Waals surface area (Å²) >= 11 is 0. The van der Waals surface area contributed by atoms with Crippen LogP contribution in [0.15, 0.2) is 78.9 Å². The number of aliphatic hydroxyl groups excluding tert-OH is 2. The molecule has 0 bridgehead atoms. The molecule has 0 spiro atoms. The monoisotopic (exact) mass is 619 g/mol. The molecule has 7 atom stereocenters. The van der Waals surface area contributed by atoms with E-state index in [2.05, 4.69) is 5.32 Å². The maximum absolute atomic E-state index is 12.0. The Morgan fingerprint density at radius 2 is 1.95 bits per heavy atom. The lowest BCUT2D eigenvalue weighted by molar-refractivity contribution is -0.143. The van der Waals surface area contributed by atoms with Crippen molar-refractivity contribution < 1.29 is 43.7 Å². The quantitative estimate of drug-likeness (QED) is 0.0526. The fraction of sp³-hybridized carbons (Fsp3) is 0.531. The number of rotatable bonds is 16. The number of benzene rings is 1. The molecule has 7 unspecified atom stereocenters. The van der Waals surface area contributed by atoms with Gasteiger partial charge in [0, 0.05) is 25.0 Å². The largest absolute Gasteiger partial charge is 0.469 e. The molecular weight excluding hydrogens is 573 g/mol. The highest BCUT2D eigenvalue weighted by atomic mass is 31.2. The van der Waals surface area contributed by atoms with Gasteiger partial charge >= 0.3 is 13.8 Å². The summed E-state index contributed by atoms with van der Waals surface area (Å²) in [6.45, 7) is 2.69. The fourth-order valence-electron chi connectivity index (χ4n) is 5.44. The number of carbonyl (C=O) groups is 1. The molecule has 43 heavy (non-hydrogen) atoms. The van der Waals surface area contributed by atoms with Gasteiger partial charge in [-0.1, -0.05) is 80.1 Å². The number of esters is 1. The summed E-state index contributed by atoms with van der Waals surface area (Å²) in [5, 5.41) is 35.8. The molecule has 238 valence electrons. The fourth-order valence-corrected chi connectivity index (χ4v) is 6.04. The van der Waals surface area contributed by atoms with Crippen LogP contribution >= 0.6 is 7.82 Å². The van der Waals surface area contributed by atoms with Crippen LogP contribution in [0.25, 0.3) is 0 Å². The van der Waals surface area contributed by atoms with Gasteiger partial charge in [-0.25, -0.2) is 9.36 Å². The number of nitrogens with one attached hydrogen (secondary N) is 1. The van der Waals surface area contributed by atoms with Gasteiger partial charge < -0.3 is 35.2 Å². The number of ether oxygens (including phenoxy) is 1. The SMILES string of the molecule is CCC1C=CC(=O)OC1C=CC(O)(CCNCc1ccccc1)C(CC(O)C=CC=CC1CCCC(O)C1)OP(=O)(O)O. The molecule has 1 aliphatic carbocycles. The van der Waals surface area contributed by atoms with Crippen LogP contribution in [-0.4, -0.2) is 67.6 Å². The highest BCUT2D eigenvalue weighted by Crippen LogP contribution is 2.42.